The number of nitrogens with zero attached hydrogens (tertiary/aromatic N) is 2. The van der Waals surface area contributed by atoms with Gasteiger partial charge in [-0.15, -0.1) is 0 Å². The van der Waals surface area contributed by atoms with E-state index >= 15 is 0 Å². The maximum Gasteiger partial charge on any atom is 0.313 e. The molecule has 4 aliphatic heterocycles. The van der Waals surface area contributed by atoms with Crippen LogP contribution in [0.1, 0.15) is 46.5 Å². The number of carbonyl (C=O) groups is 3. The molecule has 4 heterocycles. The molecule has 0 aromatic carbocycles. The van der Waals surface area contributed by atoms with Crippen LogP contribution in [-0.4, -0.2) is 82.3 Å². The summed E-state index contributed by atoms with van der Waals surface area (Å²) in [4.78, 5) is 44.0. The second-order valence-corrected chi connectivity index (χ2v) is 9.43. The van der Waals surface area contributed by atoms with Crippen molar-refractivity contribution >= 4 is 17.8 Å². The molecule has 2 fully saturated rings. The molecular formula is C24H34N2O6. The van der Waals surface area contributed by atoms with Gasteiger partial charge in [0.25, 0.3) is 0 Å². The molecule has 4 rings (SSSR count). The summed E-state index contributed by atoms with van der Waals surface area (Å²) < 4.78 is 12.4. The summed E-state index contributed by atoms with van der Waals surface area (Å²) in [5, 5.41) is 9.68. The summed E-state index contributed by atoms with van der Waals surface area (Å²) in [6, 6.07) is -1.00. The number of amides is 2. The minimum Gasteiger partial charge on any atom is -0.465 e. The second kappa shape index (κ2) is 8.63. The zero-order valence-electron chi connectivity index (χ0n) is 19.2. The summed E-state index contributed by atoms with van der Waals surface area (Å²) in [6.07, 6.45) is 10.6. The minimum absolute atomic E-state index is 0.00730. The lowest BCUT2D eigenvalue weighted by Gasteiger charge is -2.39. The van der Waals surface area contributed by atoms with Gasteiger partial charge in [-0.1, -0.05) is 31.2 Å². The van der Waals surface area contributed by atoms with E-state index in [1.54, 1.807) is 4.90 Å². The van der Waals surface area contributed by atoms with Crippen LogP contribution in [0.3, 0.4) is 0 Å². The smallest absolute Gasteiger partial charge is 0.313 e. The number of ether oxygens (including phenoxy) is 2. The van der Waals surface area contributed by atoms with Gasteiger partial charge in [-0.3, -0.25) is 14.4 Å². The van der Waals surface area contributed by atoms with Gasteiger partial charge >= 0.3 is 5.97 Å². The van der Waals surface area contributed by atoms with Crippen molar-refractivity contribution in [2.45, 2.75) is 69.7 Å². The van der Waals surface area contributed by atoms with Crippen LogP contribution in [-0.2, 0) is 23.9 Å². The van der Waals surface area contributed by atoms with E-state index in [-0.39, 0.29) is 31.0 Å². The summed E-state index contributed by atoms with van der Waals surface area (Å²) in [7, 11) is 0. The molecule has 8 heteroatoms. The number of esters is 1. The van der Waals surface area contributed by atoms with E-state index in [9.17, 15) is 19.5 Å². The summed E-state index contributed by atoms with van der Waals surface area (Å²) in [6.45, 7) is 6.22. The van der Waals surface area contributed by atoms with E-state index in [1.807, 2.05) is 45.1 Å². The molecule has 0 aliphatic carbocycles. The van der Waals surface area contributed by atoms with Gasteiger partial charge in [0.1, 0.15) is 23.2 Å². The fraction of sp³-hybridized carbons (Fsp3) is 0.708. The first-order valence-electron chi connectivity index (χ1n) is 11.8. The number of hydrogen-bond acceptors (Lipinski definition) is 6. The highest BCUT2D eigenvalue weighted by Gasteiger charge is 2.75. The van der Waals surface area contributed by atoms with Gasteiger partial charge in [-0.05, 0) is 39.5 Å². The number of fused-ring (bicyclic) bond motifs is 2. The Morgan fingerprint density at radius 3 is 2.59 bits per heavy atom. The number of likely N-dealkylation sites (tertiary alicyclic amines) is 1. The third-order valence-corrected chi connectivity index (χ3v) is 7.38. The fourth-order valence-corrected chi connectivity index (χ4v) is 5.87. The van der Waals surface area contributed by atoms with E-state index in [2.05, 4.69) is 0 Å². The number of carbonyl (C=O) groups excluding carboxylic acids is 3. The standard InChI is InChI=1S/C24H34N2O6/c1-4-23-10-7-5-6-8-15-31-22(30)18(23)17-20(28)26(13-14-27)19-21(29)25(16(2)3)12-9-11-24(17,19)32-23/h7,9-11,16-19,27H,4-6,8,12-15H2,1-3H3/b10-7-/t17-,18-,19?,23+,24-/m0/s1. The average Bonchev–Trinajstić information content (AvgIpc) is 3.10. The third-order valence-electron chi connectivity index (χ3n) is 7.38. The lowest BCUT2D eigenvalue weighted by atomic mass is 9.73. The van der Waals surface area contributed by atoms with Crippen LogP contribution in [0.2, 0.25) is 0 Å². The highest BCUT2D eigenvalue weighted by Crippen LogP contribution is 2.58. The number of β-amino-alcohol motifs (C(OH)–C–C–N with tert-alkyl or cyclic N) is 1. The van der Waals surface area contributed by atoms with Gasteiger partial charge in [0.2, 0.25) is 11.8 Å². The quantitative estimate of drug-likeness (QED) is 0.518. The molecule has 5 atom stereocenters. The SMILES string of the molecule is CC[C@@]12/C=C\CCCCOC(=O)[C@@H]1[C@H]1C(=O)N(CCO)C3C(=O)N(C(C)C)CC=C[C@@]31O2. The Kier molecular flexibility index (Phi) is 6.20. The number of rotatable bonds is 4. The molecule has 0 aromatic rings. The first kappa shape index (κ1) is 23.0. The molecule has 1 spiro atoms. The first-order chi connectivity index (χ1) is 15.3. The zero-order valence-corrected chi connectivity index (χ0v) is 19.2. The average molecular weight is 447 g/mol. The van der Waals surface area contributed by atoms with Crippen molar-refractivity contribution < 1.29 is 29.0 Å². The largest absolute Gasteiger partial charge is 0.465 e. The maximum atomic E-state index is 13.8. The Balaban J connectivity index is 1.89. The van der Waals surface area contributed by atoms with Gasteiger partial charge in [0.05, 0.1) is 19.1 Å². The van der Waals surface area contributed by atoms with Crippen molar-refractivity contribution in [2.75, 3.05) is 26.3 Å². The van der Waals surface area contributed by atoms with Gasteiger partial charge in [0.15, 0.2) is 0 Å². The third kappa shape index (κ3) is 3.30. The Morgan fingerprint density at radius 1 is 1.12 bits per heavy atom. The van der Waals surface area contributed by atoms with Crippen molar-refractivity contribution in [1.82, 2.24) is 9.80 Å². The van der Waals surface area contributed by atoms with E-state index in [0.29, 0.717) is 19.6 Å². The van der Waals surface area contributed by atoms with Crippen LogP contribution < -0.4 is 0 Å². The molecule has 2 amide bonds. The second-order valence-electron chi connectivity index (χ2n) is 9.43. The first-order valence-corrected chi connectivity index (χ1v) is 11.8. The number of hydrogen-bond donors (Lipinski definition) is 1. The Bertz CT molecular complexity index is 838. The molecule has 176 valence electrons. The van der Waals surface area contributed by atoms with Crippen molar-refractivity contribution in [3.05, 3.63) is 24.3 Å². The van der Waals surface area contributed by atoms with Crippen LogP contribution in [0.5, 0.6) is 0 Å². The molecule has 4 aliphatic rings. The van der Waals surface area contributed by atoms with Crippen LogP contribution in [0.15, 0.2) is 24.3 Å². The van der Waals surface area contributed by atoms with Crippen LogP contribution in [0.4, 0.5) is 0 Å². The number of allylic oxidation sites excluding steroid dienone is 1. The number of aliphatic hydroxyl groups is 1. The Morgan fingerprint density at radius 2 is 1.91 bits per heavy atom. The van der Waals surface area contributed by atoms with Gasteiger partial charge in [-0.25, -0.2) is 0 Å². The molecule has 0 bridgehead atoms. The number of aliphatic hydroxyl groups excluding tert-OH is 1. The molecule has 0 radical (unpaired) electrons. The Hall–Kier alpha value is -2.19. The molecule has 32 heavy (non-hydrogen) atoms. The van der Waals surface area contributed by atoms with E-state index < -0.39 is 35.0 Å². The van der Waals surface area contributed by atoms with E-state index in [1.165, 1.54) is 4.90 Å². The van der Waals surface area contributed by atoms with Crippen LogP contribution >= 0.6 is 0 Å². The van der Waals surface area contributed by atoms with E-state index in [0.717, 1.165) is 19.3 Å². The molecule has 2 saturated heterocycles. The lowest BCUT2D eigenvalue weighted by molar-refractivity contribution is -0.162. The highest BCUT2D eigenvalue weighted by molar-refractivity contribution is 5.99. The fourth-order valence-electron chi connectivity index (χ4n) is 5.87. The molecule has 8 nitrogen and oxygen atoms in total. The topological polar surface area (TPSA) is 96.4 Å². The highest BCUT2D eigenvalue weighted by atomic mass is 16.6. The van der Waals surface area contributed by atoms with Crippen LogP contribution in [0.25, 0.3) is 0 Å². The molecule has 0 aromatic heterocycles. The van der Waals surface area contributed by atoms with Gasteiger partial charge in [-0.2, -0.15) is 0 Å². The molecule has 1 unspecified atom stereocenters. The van der Waals surface area contributed by atoms with Crippen LogP contribution in [0, 0.1) is 11.8 Å². The number of cyclic esters (lactones) is 1. The molecule has 1 N–H and O–H groups in total. The zero-order chi connectivity index (χ0) is 23.1. The Labute approximate surface area is 189 Å². The maximum absolute atomic E-state index is 13.8. The summed E-state index contributed by atoms with van der Waals surface area (Å²) >= 11 is 0. The van der Waals surface area contributed by atoms with E-state index in [4.69, 9.17) is 9.47 Å². The van der Waals surface area contributed by atoms with Crippen molar-refractivity contribution in [2.24, 2.45) is 11.8 Å². The van der Waals surface area contributed by atoms with Gasteiger partial charge in [0, 0.05) is 19.1 Å². The minimum atomic E-state index is -1.29. The monoisotopic (exact) mass is 446 g/mol. The predicted octanol–water partition coefficient (Wildman–Crippen LogP) is 1.43. The van der Waals surface area contributed by atoms with Crippen molar-refractivity contribution in [3.63, 3.8) is 0 Å². The molecule has 0 saturated carbocycles. The molecular weight excluding hydrogens is 412 g/mol. The lowest BCUT2D eigenvalue weighted by Crippen LogP contribution is -2.57. The normalized spacial score (nSPS) is 38.3. The van der Waals surface area contributed by atoms with Gasteiger partial charge < -0.3 is 24.4 Å². The van der Waals surface area contributed by atoms with Crippen molar-refractivity contribution in [3.8, 4) is 0 Å². The summed E-state index contributed by atoms with van der Waals surface area (Å²) in [5.41, 5.74) is -2.32. The summed E-state index contributed by atoms with van der Waals surface area (Å²) in [5.74, 6) is -2.76. The predicted molar refractivity (Wildman–Crippen MR) is 116 cm³/mol. The van der Waals surface area contributed by atoms with Crippen molar-refractivity contribution in [1.29, 1.82) is 0 Å².